The van der Waals surface area contributed by atoms with E-state index in [4.69, 9.17) is 14.9 Å². The minimum absolute atomic E-state index is 0.467. The third-order valence-corrected chi connectivity index (χ3v) is 2.88. The molecule has 0 radical (unpaired) electrons. The number of benzene rings is 1. The van der Waals surface area contributed by atoms with Gasteiger partial charge in [-0.15, -0.1) is 0 Å². The lowest BCUT2D eigenvalue weighted by atomic mass is 10.3. The van der Waals surface area contributed by atoms with E-state index in [9.17, 15) is 0 Å². The summed E-state index contributed by atoms with van der Waals surface area (Å²) in [6.07, 6.45) is 1.64. The fourth-order valence-corrected chi connectivity index (χ4v) is 1.97. The van der Waals surface area contributed by atoms with Gasteiger partial charge in [0, 0.05) is 6.07 Å². The molecule has 0 aliphatic rings. The molecule has 3 aromatic rings. The summed E-state index contributed by atoms with van der Waals surface area (Å²) in [6, 6.07) is 9.44. The molecule has 0 atom stereocenters. The normalized spacial score (nSPS) is 10.9. The smallest absolute Gasteiger partial charge is 0.201 e. The lowest BCUT2D eigenvalue weighted by Crippen LogP contribution is -2.03. The number of nitrogens with zero attached hydrogens (tertiary/aromatic N) is 2. The fraction of sp³-hybridized carbons (Fsp3) is 0.154. The van der Waals surface area contributed by atoms with Gasteiger partial charge in [0.25, 0.3) is 0 Å². The third-order valence-electron chi connectivity index (χ3n) is 2.88. The molecule has 0 spiro atoms. The number of nitrogens with two attached hydrogens (primary N) is 1. The zero-order valence-corrected chi connectivity index (χ0v) is 9.96. The number of hydrogen-bond donors (Lipinski definition) is 1. The highest BCUT2D eigenvalue weighted by Gasteiger charge is 2.10. The Morgan fingerprint density at radius 1 is 1.39 bits per heavy atom. The molecule has 2 N–H and O–H groups in total. The highest BCUT2D eigenvalue weighted by Crippen LogP contribution is 2.24. The molecule has 0 unspecified atom stereocenters. The van der Waals surface area contributed by atoms with Crippen LogP contribution in [0.5, 0.6) is 5.75 Å². The van der Waals surface area contributed by atoms with Crippen LogP contribution in [0.1, 0.15) is 5.76 Å². The minimum atomic E-state index is 0.467. The van der Waals surface area contributed by atoms with Gasteiger partial charge in [-0.3, -0.25) is 0 Å². The molecule has 0 aliphatic heterocycles. The molecule has 18 heavy (non-hydrogen) atoms. The summed E-state index contributed by atoms with van der Waals surface area (Å²) < 4.78 is 12.4. The number of hydrogen-bond acceptors (Lipinski definition) is 4. The molecule has 0 saturated heterocycles. The Labute approximate surface area is 104 Å². The highest BCUT2D eigenvalue weighted by molar-refractivity contribution is 5.80. The molecule has 2 aromatic heterocycles. The van der Waals surface area contributed by atoms with Crippen molar-refractivity contribution in [1.82, 2.24) is 9.55 Å². The number of anilines is 1. The van der Waals surface area contributed by atoms with E-state index in [1.165, 1.54) is 0 Å². The molecule has 0 aliphatic carbocycles. The maximum atomic E-state index is 5.93. The van der Waals surface area contributed by atoms with Gasteiger partial charge in [-0.1, -0.05) is 0 Å². The molecule has 0 bridgehead atoms. The van der Waals surface area contributed by atoms with Gasteiger partial charge in [-0.05, 0) is 24.3 Å². The van der Waals surface area contributed by atoms with Crippen LogP contribution in [0.15, 0.2) is 41.0 Å². The van der Waals surface area contributed by atoms with Gasteiger partial charge in [0.2, 0.25) is 5.95 Å². The predicted molar refractivity (Wildman–Crippen MR) is 68.5 cm³/mol. The first-order chi connectivity index (χ1) is 8.78. The first-order valence-corrected chi connectivity index (χ1v) is 5.60. The Balaban J connectivity index is 2.11. The van der Waals surface area contributed by atoms with Gasteiger partial charge < -0.3 is 19.5 Å². The number of fused-ring (bicyclic) bond motifs is 1. The van der Waals surface area contributed by atoms with Crippen LogP contribution in [0.4, 0.5) is 5.95 Å². The number of ether oxygens (including phenoxy) is 1. The van der Waals surface area contributed by atoms with Crippen LogP contribution >= 0.6 is 0 Å². The second-order valence-corrected chi connectivity index (χ2v) is 3.99. The molecular formula is C13H13N3O2. The van der Waals surface area contributed by atoms with Gasteiger partial charge in [0.05, 0.1) is 31.0 Å². The van der Waals surface area contributed by atoms with Crippen molar-refractivity contribution in [1.29, 1.82) is 0 Å². The molecule has 1 aromatic carbocycles. The number of methoxy groups -OCH3 is 1. The van der Waals surface area contributed by atoms with Crippen LogP contribution < -0.4 is 10.5 Å². The van der Waals surface area contributed by atoms with Crippen molar-refractivity contribution in [3.8, 4) is 5.75 Å². The van der Waals surface area contributed by atoms with E-state index in [-0.39, 0.29) is 0 Å². The zero-order valence-electron chi connectivity index (χ0n) is 9.96. The number of rotatable bonds is 3. The molecule has 0 fully saturated rings. The van der Waals surface area contributed by atoms with Crippen molar-refractivity contribution in [2.75, 3.05) is 12.8 Å². The van der Waals surface area contributed by atoms with E-state index >= 15 is 0 Å². The van der Waals surface area contributed by atoms with Crippen LogP contribution in [0.2, 0.25) is 0 Å². The number of imidazole rings is 1. The van der Waals surface area contributed by atoms with Crippen molar-refractivity contribution < 1.29 is 9.15 Å². The van der Waals surface area contributed by atoms with Crippen molar-refractivity contribution >= 4 is 17.0 Å². The van der Waals surface area contributed by atoms with Crippen LogP contribution in [0.3, 0.4) is 0 Å². The van der Waals surface area contributed by atoms with E-state index in [1.807, 2.05) is 34.9 Å². The highest BCUT2D eigenvalue weighted by atomic mass is 16.5. The molecule has 5 heteroatoms. The monoisotopic (exact) mass is 243 g/mol. The number of furan rings is 1. The summed E-state index contributed by atoms with van der Waals surface area (Å²) >= 11 is 0. The van der Waals surface area contributed by atoms with Gasteiger partial charge in [-0.2, -0.15) is 0 Å². The second kappa shape index (κ2) is 4.10. The number of aromatic nitrogens is 2. The van der Waals surface area contributed by atoms with E-state index < -0.39 is 0 Å². The fourth-order valence-electron chi connectivity index (χ4n) is 1.97. The summed E-state index contributed by atoms with van der Waals surface area (Å²) in [6.45, 7) is 0.558. The van der Waals surface area contributed by atoms with Gasteiger partial charge in [-0.25, -0.2) is 4.98 Å². The summed E-state index contributed by atoms with van der Waals surface area (Å²) in [4.78, 5) is 4.31. The lowest BCUT2D eigenvalue weighted by Gasteiger charge is -2.05. The minimum Gasteiger partial charge on any atom is -0.497 e. The first-order valence-electron chi connectivity index (χ1n) is 5.60. The largest absolute Gasteiger partial charge is 0.497 e. The lowest BCUT2D eigenvalue weighted by molar-refractivity contribution is 0.415. The third kappa shape index (κ3) is 1.69. The van der Waals surface area contributed by atoms with Gasteiger partial charge in [0.15, 0.2) is 0 Å². The molecule has 2 heterocycles. The van der Waals surface area contributed by atoms with E-state index in [0.29, 0.717) is 12.5 Å². The zero-order chi connectivity index (χ0) is 12.5. The summed E-state index contributed by atoms with van der Waals surface area (Å²) in [5.74, 6) is 2.08. The standard InChI is InChI=1S/C13H13N3O2/c1-17-9-4-5-11-12(7-9)16(13(14)15-11)8-10-3-2-6-18-10/h2-7H,8H2,1H3,(H2,14,15). The molecule has 5 nitrogen and oxygen atoms in total. The summed E-state index contributed by atoms with van der Waals surface area (Å²) in [5, 5.41) is 0. The van der Waals surface area contributed by atoms with Crippen molar-refractivity contribution in [3.05, 3.63) is 42.4 Å². The van der Waals surface area contributed by atoms with Crippen LogP contribution in [0, 0.1) is 0 Å². The SMILES string of the molecule is COc1ccc2nc(N)n(Cc3ccco3)c2c1. The molecule has 0 saturated carbocycles. The predicted octanol–water partition coefficient (Wildman–Crippen LogP) is 2.27. The maximum absolute atomic E-state index is 5.93. The Kier molecular flexibility index (Phi) is 2.44. The maximum Gasteiger partial charge on any atom is 0.201 e. The van der Waals surface area contributed by atoms with Gasteiger partial charge >= 0.3 is 0 Å². The summed E-state index contributed by atoms with van der Waals surface area (Å²) in [7, 11) is 1.64. The average Bonchev–Trinajstić information content (AvgIpc) is 2.99. The van der Waals surface area contributed by atoms with Crippen molar-refractivity contribution in [3.63, 3.8) is 0 Å². The van der Waals surface area contributed by atoms with E-state index in [0.717, 1.165) is 22.5 Å². The first kappa shape index (κ1) is 10.7. The van der Waals surface area contributed by atoms with Crippen LogP contribution in [-0.2, 0) is 6.54 Å². The average molecular weight is 243 g/mol. The topological polar surface area (TPSA) is 66.2 Å². The summed E-state index contributed by atoms with van der Waals surface area (Å²) in [5.41, 5.74) is 7.71. The second-order valence-electron chi connectivity index (χ2n) is 3.99. The van der Waals surface area contributed by atoms with Gasteiger partial charge in [0.1, 0.15) is 11.5 Å². The Bertz CT molecular complexity index is 671. The van der Waals surface area contributed by atoms with Crippen molar-refractivity contribution in [2.45, 2.75) is 6.54 Å². The molecular weight excluding hydrogens is 230 g/mol. The van der Waals surface area contributed by atoms with Crippen LogP contribution in [0.25, 0.3) is 11.0 Å². The van der Waals surface area contributed by atoms with Crippen LogP contribution in [-0.4, -0.2) is 16.7 Å². The number of nitrogen functional groups attached to an aromatic ring is 1. The van der Waals surface area contributed by atoms with E-state index in [1.54, 1.807) is 13.4 Å². The Morgan fingerprint density at radius 3 is 3.00 bits per heavy atom. The van der Waals surface area contributed by atoms with E-state index in [2.05, 4.69) is 4.98 Å². The van der Waals surface area contributed by atoms with Crippen molar-refractivity contribution in [2.24, 2.45) is 0 Å². The Hall–Kier alpha value is -2.43. The molecule has 3 rings (SSSR count). The molecule has 92 valence electrons. The Morgan fingerprint density at radius 2 is 2.28 bits per heavy atom. The molecule has 0 amide bonds. The quantitative estimate of drug-likeness (QED) is 0.766.